The summed E-state index contributed by atoms with van der Waals surface area (Å²) in [6, 6.07) is 8.33. The summed E-state index contributed by atoms with van der Waals surface area (Å²) >= 11 is 0. The highest BCUT2D eigenvalue weighted by Gasteiger charge is 2.29. The summed E-state index contributed by atoms with van der Waals surface area (Å²) in [6.07, 6.45) is 17.0. The van der Waals surface area contributed by atoms with Gasteiger partial charge in [0.2, 0.25) is 0 Å². The summed E-state index contributed by atoms with van der Waals surface area (Å²) in [4.78, 5) is 11.0. The van der Waals surface area contributed by atoms with Crippen LogP contribution in [0, 0.1) is 5.92 Å². The van der Waals surface area contributed by atoms with E-state index in [1.807, 2.05) is 43.2 Å². The van der Waals surface area contributed by atoms with E-state index in [2.05, 4.69) is 46.9 Å². The molecule has 5 nitrogen and oxygen atoms in total. The molecule has 0 aliphatic carbocycles. The third-order valence-corrected chi connectivity index (χ3v) is 6.26. The molecule has 0 fully saturated rings. The Kier molecular flexibility index (Phi) is 7.59. The predicted molar refractivity (Wildman–Crippen MR) is 126 cm³/mol. The van der Waals surface area contributed by atoms with Gasteiger partial charge in [-0.05, 0) is 74.8 Å². The number of allylic oxidation sites excluding steroid dienone is 3. The standard InChI is InChI=1S/C27H33N3O2/c1-21-17-26(27-20-31-15-16-32-27)25(11-3-7-23-8-4-12-28-18-23)22(2)30(21)14-6-10-24-9-5-13-29-19-24/h4-5,8-9,12-13,17-20,26H,3,6-7,10-11,14-16H2,1-2H3. The molecule has 32 heavy (non-hydrogen) atoms. The second kappa shape index (κ2) is 11.0. The number of pyridine rings is 2. The Bertz CT molecular complexity index is 967. The Labute approximate surface area is 191 Å². The van der Waals surface area contributed by atoms with Crippen LogP contribution in [0.1, 0.15) is 44.2 Å². The van der Waals surface area contributed by atoms with Crippen molar-refractivity contribution >= 4 is 0 Å². The first-order valence-electron chi connectivity index (χ1n) is 11.6. The van der Waals surface area contributed by atoms with Gasteiger partial charge in [-0.25, -0.2) is 0 Å². The molecule has 0 radical (unpaired) electrons. The van der Waals surface area contributed by atoms with Gasteiger partial charge in [0.15, 0.2) is 0 Å². The van der Waals surface area contributed by atoms with E-state index in [-0.39, 0.29) is 5.92 Å². The molecule has 0 saturated carbocycles. The Morgan fingerprint density at radius 2 is 1.66 bits per heavy atom. The van der Waals surface area contributed by atoms with Crippen LogP contribution < -0.4 is 0 Å². The van der Waals surface area contributed by atoms with E-state index in [0.29, 0.717) is 13.2 Å². The van der Waals surface area contributed by atoms with Gasteiger partial charge in [-0.2, -0.15) is 0 Å². The van der Waals surface area contributed by atoms with Crippen molar-refractivity contribution in [2.45, 2.75) is 46.0 Å². The van der Waals surface area contributed by atoms with Crippen molar-refractivity contribution in [3.63, 3.8) is 0 Å². The van der Waals surface area contributed by atoms with E-state index in [9.17, 15) is 0 Å². The fraction of sp³-hybridized carbons (Fsp3) is 0.407. The van der Waals surface area contributed by atoms with Crippen LogP contribution in [0.15, 0.2) is 84.1 Å². The van der Waals surface area contributed by atoms with E-state index in [1.165, 1.54) is 28.1 Å². The topological polar surface area (TPSA) is 47.5 Å². The molecule has 168 valence electrons. The van der Waals surface area contributed by atoms with E-state index < -0.39 is 0 Å². The van der Waals surface area contributed by atoms with Gasteiger partial charge in [-0.3, -0.25) is 9.97 Å². The molecule has 2 aliphatic heterocycles. The zero-order valence-electron chi connectivity index (χ0n) is 19.2. The van der Waals surface area contributed by atoms with Gasteiger partial charge in [-0.15, -0.1) is 0 Å². The number of nitrogens with zero attached hydrogens (tertiary/aromatic N) is 3. The molecule has 4 heterocycles. The van der Waals surface area contributed by atoms with Crippen LogP contribution in [0.2, 0.25) is 0 Å². The minimum Gasteiger partial charge on any atom is -0.494 e. The average molecular weight is 432 g/mol. The summed E-state index contributed by atoms with van der Waals surface area (Å²) in [7, 11) is 0. The van der Waals surface area contributed by atoms with Crippen molar-refractivity contribution in [2.75, 3.05) is 19.8 Å². The Morgan fingerprint density at radius 3 is 2.28 bits per heavy atom. The average Bonchev–Trinajstić information content (AvgIpc) is 2.84. The number of aryl methyl sites for hydroxylation is 2. The molecule has 5 heteroatoms. The Hall–Kier alpha value is -3.08. The van der Waals surface area contributed by atoms with Crippen LogP contribution in [-0.4, -0.2) is 34.6 Å². The number of ether oxygens (including phenoxy) is 2. The lowest BCUT2D eigenvalue weighted by molar-refractivity contribution is 0.0731. The van der Waals surface area contributed by atoms with Gasteiger partial charge in [0.1, 0.15) is 25.2 Å². The fourth-order valence-electron chi connectivity index (χ4n) is 4.59. The summed E-state index contributed by atoms with van der Waals surface area (Å²) < 4.78 is 11.6. The molecule has 1 unspecified atom stereocenters. The summed E-state index contributed by atoms with van der Waals surface area (Å²) in [6.45, 7) is 6.71. The van der Waals surface area contributed by atoms with Crippen LogP contribution in [0.3, 0.4) is 0 Å². The van der Waals surface area contributed by atoms with Gasteiger partial charge >= 0.3 is 0 Å². The normalized spacial score (nSPS) is 18.6. The lowest BCUT2D eigenvalue weighted by atomic mass is 9.86. The maximum atomic E-state index is 6.01. The Morgan fingerprint density at radius 1 is 0.938 bits per heavy atom. The van der Waals surface area contributed by atoms with Gasteiger partial charge in [0.05, 0.1) is 5.92 Å². The maximum absolute atomic E-state index is 6.01. The molecular weight excluding hydrogens is 398 g/mol. The third-order valence-electron chi connectivity index (χ3n) is 6.26. The van der Waals surface area contributed by atoms with E-state index >= 15 is 0 Å². The molecule has 0 aromatic carbocycles. The minimum atomic E-state index is 0.152. The second-order valence-electron chi connectivity index (χ2n) is 8.47. The predicted octanol–water partition coefficient (Wildman–Crippen LogP) is 5.43. The third kappa shape index (κ3) is 5.58. The van der Waals surface area contributed by atoms with Gasteiger partial charge < -0.3 is 14.4 Å². The van der Waals surface area contributed by atoms with Crippen LogP contribution in [-0.2, 0) is 22.3 Å². The zero-order valence-corrected chi connectivity index (χ0v) is 19.2. The van der Waals surface area contributed by atoms with E-state index in [0.717, 1.165) is 44.4 Å². The van der Waals surface area contributed by atoms with Crippen molar-refractivity contribution in [2.24, 2.45) is 5.92 Å². The molecule has 0 spiro atoms. The summed E-state index contributed by atoms with van der Waals surface area (Å²) in [5.74, 6) is 1.08. The monoisotopic (exact) mass is 431 g/mol. The maximum Gasteiger partial charge on any atom is 0.141 e. The number of rotatable bonds is 9. The van der Waals surface area contributed by atoms with E-state index in [1.54, 1.807) is 0 Å². The van der Waals surface area contributed by atoms with Crippen LogP contribution >= 0.6 is 0 Å². The van der Waals surface area contributed by atoms with Crippen molar-refractivity contribution in [1.82, 2.24) is 14.9 Å². The molecule has 2 aromatic heterocycles. The first-order chi connectivity index (χ1) is 15.7. The SMILES string of the molecule is CC1=CC(C2=COCCO2)C(CCCc2cccnc2)=C(C)N1CCCc1cccnc1. The fourth-order valence-corrected chi connectivity index (χ4v) is 4.59. The molecule has 0 saturated heterocycles. The quantitative estimate of drug-likeness (QED) is 0.530. The highest BCUT2D eigenvalue weighted by molar-refractivity contribution is 5.35. The van der Waals surface area contributed by atoms with Gasteiger partial charge in [0.25, 0.3) is 0 Å². The summed E-state index contributed by atoms with van der Waals surface area (Å²) in [5.41, 5.74) is 6.64. The number of hydrogen-bond donors (Lipinski definition) is 0. The molecule has 0 N–H and O–H groups in total. The first kappa shape index (κ1) is 22.1. The van der Waals surface area contributed by atoms with Gasteiger partial charge in [0, 0.05) is 42.7 Å². The van der Waals surface area contributed by atoms with Crippen molar-refractivity contribution in [1.29, 1.82) is 0 Å². The largest absolute Gasteiger partial charge is 0.494 e. The highest BCUT2D eigenvalue weighted by atomic mass is 16.6. The van der Waals surface area contributed by atoms with Crippen molar-refractivity contribution in [3.05, 3.63) is 95.2 Å². The highest BCUT2D eigenvalue weighted by Crippen LogP contribution is 2.37. The zero-order chi connectivity index (χ0) is 22.2. The van der Waals surface area contributed by atoms with Crippen molar-refractivity contribution in [3.8, 4) is 0 Å². The lowest BCUT2D eigenvalue weighted by Crippen LogP contribution is -2.30. The second-order valence-corrected chi connectivity index (χ2v) is 8.47. The summed E-state index contributed by atoms with van der Waals surface area (Å²) in [5, 5.41) is 0. The molecule has 2 aromatic rings. The minimum absolute atomic E-state index is 0.152. The molecular formula is C27H33N3O2. The molecule has 1 atom stereocenters. The first-order valence-corrected chi connectivity index (χ1v) is 11.6. The molecule has 0 amide bonds. The smallest absolute Gasteiger partial charge is 0.141 e. The van der Waals surface area contributed by atoms with E-state index in [4.69, 9.17) is 9.47 Å². The Balaban J connectivity index is 1.48. The van der Waals surface area contributed by atoms with Crippen LogP contribution in [0.4, 0.5) is 0 Å². The van der Waals surface area contributed by atoms with Gasteiger partial charge in [-0.1, -0.05) is 18.2 Å². The molecule has 0 bridgehead atoms. The molecule has 2 aliphatic rings. The number of aromatic nitrogens is 2. The molecule has 4 rings (SSSR count). The lowest BCUT2D eigenvalue weighted by Gasteiger charge is -2.37. The number of hydrogen-bond acceptors (Lipinski definition) is 5. The van der Waals surface area contributed by atoms with Crippen LogP contribution in [0.25, 0.3) is 0 Å². The van der Waals surface area contributed by atoms with Crippen LogP contribution in [0.5, 0.6) is 0 Å². The van der Waals surface area contributed by atoms with Crippen molar-refractivity contribution < 1.29 is 9.47 Å².